The summed E-state index contributed by atoms with van der Waals surface area (Å²) in [4.78, 5) is 0. The fourth-order valence-corrected chi connectivity index (χ4v) is 4.77. The summed E-state index contributed by atoms with van der Waals surface area (Å²) in [7, 11) is 0. The Morgan fingerprint density at radius 1 is 1.06 bits per heavy atom. The third kappa shape index (κ3) is 4.68. The molecule has 0 bridgehead atoms. The van der Waals surface area contributed by atoms with Crippen LogP contribution in [0.3, 0.4) is 0 Å². The normalized spacial score (nSPS) is 25.7. The first-order valence-corrected chi connectivity index (χ1v) is 11.9. The molecule has 1 heterocycles. The number of nitriles is 1. The Morgan fingerprint density at radius 2 is 1.84 bits per heavy atom. The van der Waals surface area contributed by atoms with Gasteiger partial charge in [0, 0.05) is 18.4 Å². The number of rotatable bonds is 7. The van der Waals surface area contributed by atoms with Crippen LogP contribution < -0.4 is 4.74 Å². The number of benzene rings is 2. The van der Waals surface area contributed by atoms with Crippen LogP contribution in [0.5, 0.6) is 5.75 Å². The summed E-state index contributed by atoms with van der Waals surface area (Å²) in [6.45, 7) is -0.122. The van der Waals surface area contributed by atoms with Gasteiger partial charge in [0.15, 0.2) is 0 Å². The van der Waals surface area contributed by atoms with Crippen LogP contribution in [0.1, 0.15) is 84.8 Å². The monoisotopic (exact) mass is 433 g/mol. The van der Waals surface area contributed by atoms with E-state index in [0.717, 1.165) is 36.3 Å². The zero-order chi connectivity index (χ0) is 22.1. The SMILES string of the molecule is N#Cc1cc(OC2CCC2)c(C2CC(O)CC(CO)O2)cc1Cc1ccc(C2CC2)cc1. The van der Waals surface area contributed by atoms with Gasteiger partial charge in [-0.15, -0.1) is 0 Å². The molecule has 1 aliphatic heterocycles. The summed E-state index contributed by atoms with van der Waals surface area (Å²) < 4.78 is 12.4. The van der Waals surface area contributed by atoms with Crippen molar-refractivity contribution < 1.29 is 19.7 Å². The Morgan fingerprint density at radius 3 is 2.47 bits per heavy atom. The molecule has 3 atom stereocenters. The molecule has 0 aromatic heterocycles. The maximum absolute atomic E-state index is 10.4. The van der Waals surface area contributed by atoms with Gasteiger partial charge in [-0.3, -0.25) is 0 Å². The molecular weight excluding hydrogens is 402 g/mol. The summed E-state index contributed by atoms with van der Waals surface area (Å²) in [5, 5.41) is 29.9. The molecule has 3 fully saturated rings. The van der Waals surface area contributed by atoms with Crippen molar-refractivity contribution in [2.45, 2.75) is 81.7 Å². The minimum atomic E-state index is -0.531. The molecule has 2 saturated carbocycles. The predicted molar refractivity (Wildman–Crippen MR) is 121 cm³/mol. The number of hydrogen-bond donors (Lipinski definition) is 2. The topological polar surface area (TPSA) is 82.7 Å². The van der Waals surface area contributed by atoms with Crippen molar-refractivity contribution in [3.63, 3.8) is 0 Å². The molecule has 32 heavy (non-hydrogen) atoms. The van der Waals surface area contributed by atoms with Crippen LogP contribution in [0.15, 0.2) is 36.4 Å². The second kappa shape index (κ2) is 9.23. The first-order valence-electron chi connectivity index (χ1n) is 11.9. The van der Waals surface area contributed by atoms with Gasteiger partial charge >= 0.3 is 0 Å². The second-order valence-electron chi connectivity index (χ2n) is 9.58. The van der Waals surface area contributed by atoms with Gasteiger partial charge in [-0.1, -0.05) is 24.3 Å². The van der Waals surface area contributed by atoms with Gasteiger partial charge in [0.05, 0.1) is 42.7 Å². The minimum Gasteiger partial charge on any atom is -0.490 e. The minimum absolute atomic E-state index is 0.122. The zero-order valence-corrected chi connectivity index (χ0v) is 18.4. The highest BCUT2D eigenvalue weighted by Gasteiger charge is 2.32. The van der Waals surface area contributed by atoms with Gasteiger partial charge < -0.3 is 19.7 Å². The molecule has 2 N–H and O–H groups in total. The van der Waals surface area contributed by atoms with Crippen LogP contribution >= 0.6 is 0 Å². The van der Waals surface area contributed by atoms with E-state index in [0.29, 0.717) is 30.6 Å². The summed E-state index contributed by atoms with van der Waals surface area (Å²) in [6, 6.07) is 15.0. The second-order valence-corrected chi connectivity index (χ2v) is 9.58. The maximum atomic E-state index is 10.4. The Bertz CT molecular complexity index is 988. The Hall–Kier alpha value is -2.39. The molecule has 1 saturated heterocycles. The van der Waals surface area contributed by atoms with E-state index in [1.54, 1.807) is 0 Å². The van der Waals surface area contributed by atoms with Crippen molar-refractivity contribution in [3.8, 4) is 11.8 Å². The van der Waals surface area contributed by atoms with Gasteiger partial charge in [0.2, 0.25) is 0 Å². The lowest BCUT2D eigenvalue weighted by Gasteiger charge is -2.35. The molecule has 3 unspecified atom stereocenters. The highest BCUT2D eigenvalue weighted by molar-refractivity contribution is 5.51. The smallest absolute Gasteiger partial charge is 0.126 e. The van der Waals surface area contributed by atoms with Crippen molar-refractivity contribution in [1.29, 1.82) is 5.26 Å². The number of ether oxygens (including phenoxy) is 2. The molecular formula is C27H31NO4. The van der Waals surface area contributed by atoms with E-state index in [2.05, 4.69) is 30.3 Å². The molecule has 5 nitrogen and oxygen atoms in total. The quantitative estimate of drug-likeness (QED) is 0.670. The van der Waals surface area contributed by atoms with E-state index < -0.39 is 12.2 Å². The molecule has 0 spiro atoms. The van der Waals surface area contributed by atoms with Crippen LogP contribution in [-0.2, 0) is 11.2 Å². The number of hydrogen-bond acceptors (Lipinski definition) is 5. The summed E-state index contributed by atoms with van der Waals surface area (Å²) in [6.07, 6.45) is 6.19. The van der Waals surface area contributed by atoms with Gasteiger partial charge in [-0.25, -0.2) is 0 Å². The van der Waals surface area contributed by atoms with Crippen molar-refractivity contribution >= 4 is 0 Å². The average Bonchev–Trinajstić information content (AvgIpc) is 3.62. The molecule has 5 heteroatoms. The van der Waals surface area contributed by atoms with Gasteiger partial charge in [-0.2, -0.15) is 5.26 Å². The predicted octanol–water partition coefficient (Wildman–Crippen LogP) is 4.53. The summed E-state index contributed by atoms with van der Waals surface area (Å²) >= 11 is 0. The van der Waals surface area contributed by atoms with Gasteiger partial charge in [0.25, 0.3) is 0 Å². The fourth-order valence-electron chi connectivity index (χ4n) is 4.77. The van der Waals surface area contributed by atoms with E-state index in [1.807, 2.05) is 12.1 Å². The van der Waals surface area contributed by atoms with Crippen LogP contribution in [0, 0.1) is 11.3 Å². The lowest BCUT2D eigenvalue weighted by molar-refractivity contribution is -0.114. The Labute approximate surface area is 189 Å². The third-order valence-electron chi connectivity index (χ3n) is 7.05. The number of aliphatic hydroxyl groups is 2. The lowest BCUT2D eigenvalue weighted by atomic mass is 9.90. The molecule has 0 radical (unpaired) electrons. The van der Waals surface area contributed by atoms with Gasteiger partial charge in [-0.05, 0) is 73.3 Å². The van der Waals surface area contributed by atoms with E-state index in [-0.39, 0.29) is 18.8 Å². The zero-order valence-electron chi connectivity index (χ0n) is 18.4. The molecule has 2 aromatic carbocycles. The van der Waals surface area contributed by atoms with Crippen LogP contribution in [0.4, 0.5) is 0 Å². The molecule has 5 rings (SSSR count). The van der Waals surface area contributed by atoms with Crippen molar-refractivity contribution in [3.05, 3.63) is 64.2 Å². The van der Waals surface area contributed by atoms with Crippen LogP contribution in [0.25, 0.3) is 0 Å². The average molecular weight is 434 g/mol. The van der Waals surface area contributed by atoms with E-state index in [1.165, 1.54) is 24.0 Å². The number of aliphatic hydroxyl groups excluding tert-OH is 2. The third-order valence-corrected chi connectivity index (χ3v) is 7.05. The fraction of sp³-hybridized carbons (Fsp3) is 0.519. The van der Waals surface area contributed by atoms with E-state index >= 15 is 0 Å². The summed E-state index contributed by atoms with van der Waals surface area (Å²) in [5.74, 6) is 1.40. The van der Waals surface area contributed by atoms with E-state index in [9.17, 15) is 15.5 Å². The van der Waals surface area contributed by atoms with Gasteiger partial charge in [0.1, 0.15) is 5.75 Å². The Balaban J connectivity index is 1.46. The highest BCUT2D eigenvalue weighted by Crippen LogP contribution is 2.41. The van der Waals surface area contributed by atoms with Crippen molar-refractivity contribution in [2.24, 2.45) is 0 Å². The Kier molecular flexibility index (Phi) is 6.19. The lowest BCUT2D eigenvalue weighted by Crippen LogP contribution is -2.34. The maximum Gasteiger partial charge on any atom is 0.126 e. The molecule has 0 amide bonds. The van der Waals surface area contributed by atoms with Crippen LogP contribution in [-0.4, -0.2) is 35.1 Å². The largest absolute Gasteiger partial charge is 0.490 e. The number of nitrogens with zero attached hydrogens (tertiary/aromatic N) is 1. The van der Waals surface area contributed by atoms with Crippen molar-refractivity contribution in [2.75, 3.05) is 6.61 Å². The van der Waals surface area contributed by atoms with Crippen molar-refractivity contribution in [1.82, 2.24) is 0 Å². The standard InChI is InChI=1S/C27H31NO4/c28-15-21-12-26(31-23-2-1-3-23)25(27-14-22(30)13-24(16-29)32-27)11-20(21)10-17-4-6-18(7-5-17)19-8-9-19/h4-7,11-12,19,22-24,27,29-30H,1-3,8-10,13-14,16H2. The first kappa shape index (κ1) is 21.5. The molecule has 2 aliphatic carbocycles. The van der Waals surface area contributed by atoms with E-state index in [4.69, 9.17) is 9.47 Å². The molecule has 3 aliphatic rings. The van der Waals surface area contributed by atoms with Crippen LogP contribution in [0.2, 0.25) is 0 Å². The summed E-state index contributed by atoms with van der Waals surface area (Å²) in [5.41, 5.74) is 5.00. The highest BCUT2D eigenvalue weighted by atomic mass is 16.5. The molecule has 2 aromatic rings. The molecule has 168 valence electrons. The first-order chi connectivity index (χ1) is 15.6.